The van der Waals surface area contributed by atoms with Gasteiger partial charge in [-0.3, -0.25) is 4.79 Å². The normalized spacial score (nSPS) is 14.1. The smallest absolute Gasteiger partial charge is 0.337 e. The van der Waals surface area contributed by atoms with Gasteiger partial charge in [-0.25, -0.2) is 9.48 Å². The van der Waals surface area contributed by atoms with E-state index in [1.807, 2.05) is 6.07 Å². The Morgan fingerprint density at radius 3 is 2.85 bits per heavy atom. The predicted octanol–water partition coefficient (Wildman–Crippen LogP) is 1.20. The number of nitrogens with zero attached hydrogens (tertiary/aromatic N) is 3. The lowest BCUT2D eigenvalue weighted by Gasteiger charge is -2.16. The highest BCUT2D eigenvalue weighted by Crippen LogP contribution is 2.27. The number of rotatable bonds is 6. The first-order valence-corrected chi connectivity index (χ1v) is 8.21. The Kier molecular flexibility index (Phi) is 5.24. The van der Waals surface area contributed by atoms with Crippen LogP contribution in [0.3, 0.4) is 0 Å². The molecule has 9 heteroatoms. The topological polar surface area (TPSA) is 96.7 Å². The third-order valence-electron chi connectivity index (χ3n) is 3.92. The first kappa shape index (κ1) is 18.0. The van der Waals surface area contributed by atoms with Crippen LogP contribution in [0.2, 0.25) is 5.02 Å². The van der Waals surface area contributed by atoms with Crippen molar-refractivity contribution < 1.29 is 19.4 Å². The molecule has 0 bridgehead atoms. The minimum Gasteiger partial charge on any atom is -0.466 e. The van der Waals surface area contributed by atoms with Gasteiger partial charge in [0.05, 0.1) is 48.4 Å². The standard InChI is InChI=1S/C17H17ClN4O4/c1-26-17(25)12-10-21(6-7-23)16(24)15(12)20-13-4-2-3-5-14(13)22-9-11(18)8-19-22/h2-5,8-9,20,23H,6-7,10H2,1H3. The molecule has 1 aromatic heterocycles. The van der Waals surface area contributed by atoms with Gasteiger partial charge in [-0.1, -0.05) is 23.7 Å². The van der Waals surface area contributed by atoms with Crippen LogP contribution in [0.5, 0.6) is 0 Å². The van der Waals surface area contributed by atoms with Gasteiger partial charge in [0.2, 0.25) is 0 Å². The summed E-state index contributed by atoms with van der Waals surface area (Å²) in [4.78, 5) is 26.1. The number of anilines is 1. The number of esters is 1. The minimum absolute atomic E-state index is 0.0736. The average Bonchev–Trinajstić information content (AvgIpc) is 3.20. The number of para-hydroxylation sites is 2. The van der Waals surface area contributed by atoms with Crippen LogP contribution in [0.1, 0.15) is 0 Å². The molecular formula is C17H17ClN4O4. The van der Waals surface area contributed by atoms with Crippen LogP contribution in [-0.2, 0) is 14.3 Å². The first-order chi connectivity index (χ1) is 12.5. The number of halogens is 1. The number of benzene rings is 1. The van der Waals surface area contributed by atoms with E-state index in [0.717, 1.165) is 0 Å². The summed E-state index contributed by atoms with van der Waals surface area (Å²) in [5.74, 6) is -0.978. The number of ether oxygens (including phenoxy) is 1. The van der Waals surface area contributed by atoms with Crippen LogP contribution >= 0.6 is 11.6 Å². The van der Waals surface area contributed by atoms with E-state index in [-0.39, 0.29) is 36.9 Å². The van der Waals surface area contributed by atoms with Gasteiger partial charge in [0, 0.05) is 12.7 Å². The molecule has 0 unspecified atom stereocenters. The predicted molar refractivity (Wildman–Crippen MR) is 94.9 cm³/mol. The van der Waals surface area contributed by atoms with Crippen molar-refractivity contribution >= 4 is 29.2 Å². The number of carbonyl (C=O) groups is 2. The van der Waals surface area contributed by atoms with Gasteiger partial charge in [0.15, 0.2) is 0 Å². The molecule has 1 aliphatic heterocycles. The van der Waals surface area contributed by atoms with Crippen LogP contribution < -0.4 is 5.32 Å². The molecule has 26 heavy (non-hydrogen) atoms. The van der Waals surface area contributed by atoms with Crippen molar-refractivity contribution in [3.63, 3.8) is 0 Å². The van der Waals surface area contributed by atoms with Gasteiger partial charge in [-0.15, -0.1) is 0 Å². The Balaban J connectivity index is 1.98. The quantitative estimate of drug-likeness (QED) is 0.735. The molecule has 1 amide bonds. The van der Waals surface area contributed by atoms with E-state index in [1.165, 1.54) is 18.2 Å². The van der Waals surface area contributed by atoms with Crippen LogP contribution in [-0.4, -0.2) is 58.5 Å². The van der Waals surface area contributed by atoms with Gasteiger partial charge in [-0.05, 0) is 12.1 Å². The van der Waals surface area contributed by atoms with E-state index in [0.29, 0.717) is 16.4 Å². The van der Waals surface area contributed by atoms with Gasteiger partial charge < -0.3 is 20.1 Å². The zero-order valence-electron chi connectivity index (χ0n) is 14.0. The number of β-amino-alcohol motifs (C(OH)–C–C–N with tert-alkyl or cyclic N) is 1. The summed E-state index contributed by atoms with van der Waals surface area (Å²) in [5, 5.41) is 16.8. The van der Waals surface area contributed by atoms with Crippen LogP contribution in [0.15, 0.2) is 47.9 Å². The highest BCUT2D eigenvalue weighted by molar-refractivity contribution is 6.30. The summed E-state index contributed by atoms with van der Waals surface area (Å²) in [5.41, 5.74) is 1.56. The third-order valence-corrected chi connectivity index (χ3v) is 4.11. The van der Waals surface area contributed by atoms with Crippen molar-refractivity contribution in [1.82, 2.24) is 14.7 Å². The largest absolute Gasteiger partial charge is 0.466 e. The highest BCUT2D eigenvalue weighted by Gasteiger charge is 2.34. The Labute approximate surface area is 154 Å². The Morgan fingerprint density at radius 2 is 2.19 bits per heavy atom. The molecule has 0 saturated heterocycles. The maximum absolute atomic E-state index is 12.6. The lowest BCUT2D eigenvalue weighted by molar-refractivity contribution is -0.136. The Hall–Kier alpha value is -2.84. The van der Waals surface area contributed by atoms with Crippen molar-refractivity contribution in [3.05, 3.63) is 53.0 Å². The van der Waals surface area contributed by atoms with Gasteiger partial charge in [0.1, 0.15) is 5.70 Å². The fraction of sp³-hybridized carbons (Fsp3) is 0.235. The summed E-state index contributed by atoms with van der Waals surface area (Å²) in [6.45, 7) is 0.000922. The van der Waals surface area contributed by atoms with Crippen LogP contribution in [0.4, 0.5) is 5.69 Å². The number of aliphatic hydroxyl groups excluding tert-OH is 1. The average molecular weight is 377 g/mol. The van der Waals surface area contributed by atoms with Crippen LogP contribution in [0, 0.1) is 0 Å². The van der Waals surface area contributed by atoms with E-state index >= 15 is 0 Å². The lowest BCUT2D eigenvalue weighted by Crippen LogP contribution is -2.31. The second-order valence-electron chi connectivity index (χ2n) is 5.54. The summed E-state index contributed by atoms with van der Waals surface area (Å²) in [7, 11) is 1.26. The molecule has 1 aromatic carbocycles. The molecule has 2 N–H and O–H groups in total. The number of methoxy groups -OCH3 is 1. The summed E-state index contributed by atoms with van der Waals surface area (Å²) in [6, 6.07) is 7.17. The van der Waals surface area contributed by atoms with E-state index in [1.54, 1.807) is 29.1 Å². The van der Waals surface area contributed by atoms with E-state index in [9.17, 15) is 9.59 Å². The van der Waals surface area contributed by atoms with Gasteiger partial charge in [-0.2, -0.15) is 5.10 Å². The molecule has 2 heterocycles. The molecule has 0 saturated carbocycles. The second kappa shape index (κ2) is 7.59. The Bertz CT molecular complexity index is 877. The number of aliphatic hydroxyl groups is 1. The number of nitrogens with one attached hydrogen (secondary N) is 1. The third kappa shape index (κ3) is 3.42. The zero-order chi connectivity index (χ0) is 18.7. The van der Waals surface area contributed by atoms with Crippen molar-refractivity contribution in [1.29, 1.82) is 0 Å². The minimum atomic E-state index is -0.596. The summed E-state index contributed by atoms with van der Waals surface area (Å²) < 4.78 is 6.35. The summed E-state index contributed by atoms with van der Waals surface area (Å²) >= 11 is 5.93. The fourth-order valence-electron chi connectivity index (χ4n) is 2.70. The highest BCUT2D eigenvalue weighted by atomic mass is 35.5. The maximum atomic E-state index is 12.6. The van der Waals surface area contributed by atoms with Crippen molar-refractivity contribution in [2.75, 3.05) is 32.1 Å². The number of hydrogen-bond acceptors (Lipinski definition) is 6. The molecule has 0 radical (unpaired) electrons. The van der Waals surface area contributed by atoms with Crippen molar-refractivity contribution in [3.8, 4) is 5.69 Å². The molecule has 0 spiro atoms. The second-order valence-corrected chi connectivity index (χ2v) is 5.98. The zero-order valence-corrected chi connectivity index (χ0v) is 14.7. The molecule has 2 aromatic rings. The lowest BCUT2D eigenvalue weighted by atomic mass is 10.2. The first-order valence-electron chi connectivity index (χ1n) is 7.83. The monoisotopic (exact) mass is 376 g/mol. The molecule has 0 fully saturated rings. The molecule has 3 rings (SSSR count). The molecule has 8 nitrogen and oxygen atoms in total. The SMILES string of the molecule is COC(=O)C1=C(Nc2ccccc2-n2cc(Cl)cn2)C(=O)N(CCO)C1. The summed E-state index contributed by atoms with van der Waals surface area (Å²) in [6.07, 6.45) is 3.13. The number of carbonyl (C=O) groups excluding carboxylic acids is 2. The number of amides is 1. The van der Waals surface area contributed by atoms with Crippen LogP contribution in [0.25, 0.3) is 5.69 Å². The van der Waals surface area contributed by atoms with Gasteiger partial charge in [0.25, 0.3) is 5.91 Å². The van der Waals surface area contributed by atoms with Gasteiger partial charge >= 0.3 is 5.97 Å². The molecule has 0 aliphatic carbocycles. The Morgan fingerprint density at radius 1 is 1.42 bits per heavy atom. The number of hydrogen-bond donors (Lipinski definition) is 2. The molecule has 1 aliphatic rings. The molecule has 0 atom stereocenters. The molecular weight excluding hydrogens is 360 g/mol. The van der Waals surface area contributed by atoms with E-state index in [4.69, 9.17) is 21.4 Å². The fourth-order valence-corrected chi connectivity index (χ4v) is 2.83. The molecule has 136 valence electrons. The maximum Gasteiger partial charge on any atom is 0.337 e. The van der Waals surface area contributed by atoms with E-state index < -0.39 is 5.97 Å². The van der Waals surface area contributed by atoms with Crippen molar-refractivity contribution in [2.45, 2.75) is 0 Å². The van der Waals surface area contributed by atoms with E-state index in [2.05, 4.69) is 10.4 Å². The van der Waals surface area contributed by atoms with Crippen molar-refractivity contribution in [2.24, 2.45) is 0 Å². The number of aromatic nitrogens is 2.